The molecule has 3 heterocycles. The number of carbonyl (C=O) groups is 3. The summed E-state index contributed by atoms with van der Waals surface area (Å²) in [5, 5.41) is 16.3. The van der Waals surface area contributed by atoms with Gasteiger partial charge in [0.15, 0.2) is 0 Å². The monoisotopic (exact) mass is 395 g/mol. The molecule has 0 aromatic heterocycles. The van der Waals surface area contributed by atoms with Gasteiger partial charge in [-0.3, -0.25) is 19.7 Å². The topological polar surface area (TPSA) is 98.7 Å². The Kier molecular flexibility index (Phi) is 3.68. The number of anilines is 2. The summed E-state index contributed by atoms with van der Waals surface area (Å²) >= 11 is 0. The predicted octanol–water partition coefficient (Wildman–Crippen LogP) is 1.13. The minimum atomic E-state index is -1.45. The maximum atomic E-state index is 13.5. The van der Waals surface area contributed by atoms with Gasteiger partial charge in [0, 0.05) is 17.3 Å². The second-order valence-electron chi connectivity index (χ2n) is 7.71. The van der Waals surface area contributed by atoms with E-state index in [9.17, 15) is 23.9 Å². The van der Waals surface area contributed by atoms with Gasteiger partial charge in [-0.2, -0.15) is 0 Å². The smallest absolute Gasteiger partial charge is 0.250 e. The summed E-state index contributed by atoms with van der Waals surface area (Å²) < 4.78 is 13.3. The summed E-state index contributed by atoms with van der Waals surface area (Å²) in [5.41, 5.74) is -0.0764. The van der Waals surface area contributed by atoms with E-state index in [-0.39, 0.29) is 5.69 Å². The van der Waals surface area contributed by atoms with Crippen LogP contribution in [0.3, 0.4) is 0 Å². The predicted molar refractivity (Wildman–Crippen MR) is 101 cm³/mol. The molecule has 0 radical (unpaired) electrons. The van der Waals surface area contributed by atoms with Crippen molar-refractivity contribution in [3.8, 4) is 0 Å². The Balaban J connectivity index is 1.68. The lowest BCUT2D eigenvalue weighted by Gasteiger charge is -2.30. The van der Waals surface area contributed by atoms with Crippen LogP contribution in [-0.4, -0.2) is 35.0 Å². The fraction of sp³-hybridized carbons (Fsp3) is 0.286. The van der Waals surface area contributed by atoms with E-state index in [1.54, 1.807) is 24.3 Å². The number of para-hydroxylation sites is 1. The molecule has 0 unspecified atom stereocenters. The van der Waals surface area contributed by atoms with Gasteiger partial charge in [0.1, 0.15) is 11.4 Å². The van der Waals surface area contributed by atoms with Gasteiger partial charge in [0.05, 0.1) is 23.6 Å². The average Bonchev–Trinajstić information content (AvgIpc) is 3.28. The number of fused-ring (bicyclic) bond motifs is 4. The van der Waals surface area contributed by atoms with Crippen LogP contribution in [0.25, 0.3) is 0 Å². The van der Waals surface area contributed by atoms with Crippen LogP contribution in [0, 0.1) is 17.7 Å². The van der Waals surface area contributed by atoms with E-state index in [0.29, 0.717) is 11.3 Å². The highest BCUT2D eigenvalue weighted by molar-refractivity contribution is 6.25. The number of carbonyl (C=O) groups excluding carboxylic acids is 3. The number of benzene rings is 2. The van der Waals surface area contributed by atoms with Gasteiger partial charge in [-0.1, -0.05) is 18.2 Å². The Morgan fingerprint density at radius 1 is 1.07 bits per heavy atom. The molecule has 1 spiro atoms. The summed E-state index contributed by atoms with van der Waals surface area (Å²) in [5.74, 6) is -3.93. The van der Waals surface area contributed by atoms with Gasteiger partial charge in [0.25, 0.3) is 0 Å². The Morgan fingerprint density at radius 2 is 1.76 bits per heavy atom. The molecule has 0 bridgehead atoms. The van der Waals surface area contributed by atoms with Crippen molar-refractivity contribution in [1.29, 1.82) is 0 Å². The highest BCUT2D eigenvalue weighted by Gasteiger charge is 2.71. The zero-order chi connectivity index (χ0) is 20.5. The minimum Gasteiger partial charge on any atom is -0.392 e. The number of hydrogen-bond acceptors (Lipinski definition) is 5. The van der Waals surface area contributed by atoms with Crippen molar-refractivity contribution in [2.24, 2.45) is 11.8 Å². The number of aliphatic hydroxyl groups excluding tert-OH is 1. The molecule has 5 atom stereocenters. The zero-order valence-electron chi connectivity index (χ0n) is 15.4. The first-order valence-corrected chi connectivity index (χ1v) is 9.36. The van der Waals surface area contributed by atoms with Gasteiger partial charge in [0.2, 0.25) is 17.7 Å². The molecule has 8 heteroatoms. The van der Waals surface area contributed by atoms with Gasteiger partial charge >= 0.3 is 0 Å². The van der Waals surface area contributed by atoms with E-state index < -0.39 is 53.1 Å². The van der Waals surface area contributed by atoms with E-state index in [2.05, 4.69) is 10.6 Å². The molecule has 2 aromatic rings. The summed E-state index contributed by atoms with van der Waals surface area (Å²) in [4.78, 5) is 40.9. The van der Waals surface area contributed by atoms with Gasteiger partial charge in [-0.25, -0.2) is 9.29 Å². The largest absolute Gasteiger partial charge is 0.392 e. The number of aliphatic hydroxyl groups is 1. The first-order chi connectivity index (χ1) is 13.9. The second kappa shape index (κ2) is 5.95. The number of nitrogens with zero attached hydrogens (tertiary/aromatic N) is 1. The van der Waals surface area contributed by atoms with Crippen molar-refractivity contribution in [1.82, 2.24) is 5.32 Å². The molecule has 2 saturated heterocycles. The van der Waals surface area contributed by atoms with Crippen molar-refractivity contribution in [2.75, 3.05) is 10.2 Å². The summed E-state index contributed by atoms with van der Waals surface area (Å²) in [7, 11) is 0. The number of amides is 3. The van der Waals surface area contributed by atoms with Crippen LogP contribution >= 0.6 is 0 Å². The van der Waals surface area contributed by atoms with E-state index in [1.165, 1.54) is 31.2 Å². The summed E-state index contributed by atoms with van der Waals surface area (Å²) in [6, 6.07) is 11.2. The van der Waals surface area contributed by atoms with Crippen molar-refractivity contribution in [2.45, 2.75) is 24.6 Å². The van der Waals surface area contributed by atoms with E-state index >= 15 is 0 Å². The minimum absolute atomic E-state index is 0.238. The van der Waals surface area contributed by atoms with Crippen molar-refractivity contribution in [3.63, 3.8) is 0 Å². The van der Waals surface area contributed by atoms with Crippen molar-refractivity contribution >= 4 is 29.1 Å². The van der Waals surface area contributed by atoms with Crippen LogP contribution in [0.4, 0.5) is 15.8 Å². The van der Waals surface area contributed by atoms with Crippen LogP contribution < -0.4 is 15.5 Å². The van der Waals surface area contributed by atoms with Crippen LogP contribution in [0.2, 0.25) is 0 Å². The molecule has 5 rings (SSSR count). The molecular weight excluding hydrogens is 377 g/mol. The lowest BCUT2D eigenvalue weighted by atomic mass is 9.76. The molecule has 0 saturated carbocycles. The van der Waals surface area contributed by atoms with Gasteiger partial charge < -0.3 is 10.4 Å². The molecule has 7 nitrogen and oxygen atoms in total. The zero-order valence-corrected chi connectivity index (χ0v) is 15.4. The third-order valence-electron chi connectivity index (χ3n) is 6.16. The SMILES string of the molecule is C[C@H](O)[C@@H]1N[C@]2(C(=O)Nc3ccccc32)[C@@H]2C(=O)N(c3ccc(F)cc3)C(=O)[C@H]12. The highest BCUT2D eigenvalue weighted by atomic mass is 19.1. The molecule has 0 aliphatic carbocycles. The Morgan fingerprint density at radius 3 is 2.45 bits per heavy atom. The lowest BCUT2D eigenvalue weighted by Crippen LogP contribution is -2.54. The first kappa shape index (κ1) is 18.0. The fourth-order valence-electron chi connectivity index (χ4n) is 4.95. The first-order valence-electron chi connectivity index (χ1n) is 9.36. The third-order valence-corrected chi connectivity index (χ3v) is 6.16. The van der Waals surface area contributed by atoms with Crippen LogP contribution in [0.1, 0.15) is 12.5 Å². The molecule has 3 aliphatic rings. The second-order valence-corrected chi connectivity index (χ2v) is 7.71. The third kappa shape index (κ3) is 2.21. The molecule has 3 amide bonds. The maximum Gasteiger partial charge on any atom is 0.250 e. The summed E-state index contributed by atoms with van der Waals surface area (Å²) in [6.45, 7) is 1.52. The van der Waals surface area contributed by atoms with Gasteiger partial charge in [-0.05, 0) is 37.3 Å². The van der Waals surface area contributed by atoms with E-state index in [0.717, 1.165) is 4.90 Å². The quantitative estimate of drug-likeness (QED) is 0.663. The Hall–Kier alpha value is -3.10. The van der Waals surface area contributed by atoms with Crippen LogP contribution in [0.5, 0.6) is 0 Å². The molecule has 2 fully saturated rings. The van der Waals surface area contributed by atoms with Crippen molar-refractivity contribution < 1.29 is 23.9 Å². The molecule has 3 N–H and O–H groups in total. The summed E-state index contributed by atoms with van der Waals surface area (Å²) in [6.07, 6.45) is -0.979. The Labute approximate surface area is 165 Å². The molecule has 3 aliphatic heterocycles. The van der Waals surface area contributed by atoms with Crippen LogP contribution in [0.15, 0.2) is 48.5 Å². The van der Waals surface area contributed by atoms with E-state index in [4.69, 9.17) is 0 Å². The Bertz CT molecular complexity index is 1050. The molecule has 148 valence electrons. The number of nitrogens with one attached hydrogen (secondary N) is 2. The number of rotatable bonds is 2. The maximum absolute atomic E-state index is 13.5. The van der Waals surface area contributed by atoms with Crippen molar-refractivity contribution in [3.05, 3.63) is 59.9 Å². The number of hydrogen-bond donors (Lipinski definition) is 3. The molecule has 2 aromatic carbocycles. The average molecular weight is 395 g/mol. The molecule has 29 heavy (non-hydrogen) atoms. The normalized spacial score (nSPS) is 31.2. The fourth-order valence-corrected chi connectivity index (χ4v) is 4.95. The van der Waals surface area contributed by atoms with Gasteiger partial charge in [-0.15, -0.1) is 0 Å². The number of imide groups is 1. The molecular formula is C21H18FN3O4. The van der Waals surface area contributed by atoms with Crippen LogP contribution in [-0.2, 0) is 19.9 Å². The highest BCUT2D eigenvalue weighted by Crippen LogP contribution is 2.53. The van der Waals surface area contributed by atoms with E-state index in [1.807, 2.05) is 0 Å². The lowest BCUT2D eigenvalue weighted by molar-refractivity contribution is -0.130. The number of halogens is 1. The standard InChI is InChI=1S/C21H18FN3O4/c1-10(26)17-15-16(19(28)25(18(15)27)12-8-6-11(22)7-9-12)21(24-17)13-4-2-3-5-14(13)23-20(21)29/h2-10,15-17,24,26H,1H3,(H,23,29)/t10-,15-,16-,17-,21-/m0/s1.